The first-order valence-electron chi connectivity index (χ1n) is 9.76. The van der Waals surface area contributed by atoms with Crippen LogP contribution in [0.2, 0.25) is 0 Å². The number of hydrogen-bond acceptors (Lipinski definition) is 4. The van der Waals surface area contributed by atoms with Gasteiger partial charge in [0, 0.05) is 25.9 Å². The molecule has 158 valence electrons. The third-order valence-corrected chi connectivity index (χ3v) is 5.09. The maximum absolute atomic E-state index is 12.7. The second kappa shape index (κ2) is 9.00. The van der Waals surface area contributed by atoms with Crippen LogP contribution in [0.5, 0.6) is 0 Å². The Hall–Kier alpha value is -3.32. The molecule has 0 aromatic carbocycles. The lowest BCUT2D eigenvalue weighted by Crippen LogP contribution is -2.55. The van der Waals surface area contributed by atoms with Crippen LogP contribution in [0.3, 0.4) is 0 Å². The molecule has 0 saturated carbocycles. The number of pyridine rings is 1. The molecule has 7 heteroatoms. The molecular weight excluding hydrogens is 380 g/mol. The Morgan fingerprint density at radius 2 is 1.73 bits per heavy atom. The Kier molecular flexibility index (Phi) is 6.89. The summed E-state index contributed by atoms with van der Waals surface area (Å²) < 4.78 is 0. The molecule has 1 aromatic rings. The van der Waals surface area contributed by atoms with Gasteiger partial charge in [0.15, 0.2) is 0 Å². The SMILES string of the molecule is C#CCC(C)(C)C(=O)Nc1ccc(N2CCN(C(=O)C(C)(C)CC#C)CC2=O)cn1. The van der Waals surface area contributed by atoms with Crippen LogP contribution >= 0.6 is 0 Å². The fourth-order valence-corrected chi connectivity index (χ4v) is 3.12. The molecular formula is C23H28N4O3. The summed E-state index contributed by atoms with van der Waals surface area (Å²) in [5.74, 6) is 4.85. The molecule has 0 radical (unpaired) electrons. The maximum Gasteiger partial charge on any atom is 0.246 e. The Balaban J connectivity index is 2.03. The number of terminal acetylenes is 2. The normalized spacial score (nSPS) is 14.7. The molecule has 3 amide bonds. The van der Waals surface area contributed by atoms with Gasteiger partial charge in [-0.15, -0.1) is 24.7 Å². The van der Waals surface area contributed by atoms with Crippen LogP contribution in [-0.4, -0.2) is 47.2 Å². The number of anilines is 2. The number of amides is 3. The Labute approximate surface area is 178 Å². The zero-order valence-corrected chi connectivity index (χ0v) is 18.0. The standard InChI is InChI=1S/C23H28N4O3/c1-7-11-22(3,4)20(29)25-18-10-9-17(15-24-18)27-14-13-26(16-19(27)28)21(30)23(5,6)12-8-2/h1-2,9-10,15H,11-14,16H2,3-6H3,(H,24,25,29). The molecule has 1 aliphatic rings. The van der Waals surface area contributed by atoms with Crippen molar-refractivity contribution in [1.29, 1.82) is 0 Å². The van der Waals surface area contributed by atoms with Gasteiger partial charge in [-0.25, -0.2) is 4.98 Å². The first kappa shape index (κ1) is 23.0. The summed E-state index contributed by atoms with van der Waals surface area (Å²) in [4.78, 5) is 45.0. The van der Waals surface area contributed by atoms with Crippen molar-refractivity contribution in [3.63, 3.8) is 0 Å². The fraction of sp³-hybridized carbons (Fsp3) is 0.478. The van der Waals surface area contributed by atoms with Crippen molar-refractivity contribution in [2.24, 2.45) is 10.8 Å². The number of hydrogen-bond donors (Lipinski definition) is 1. The minimum Gasteiger partial charge on any atom is -0.331 e. The molecule has 1 N–H and O–H groups in total. The van der Waals surface area contributed by atoms with Crippen molar-refractivity contribution in [2.45, 2.75) is 40.5 Å². The van der Waals surface area contributed by atoms with E-state index in [1.54, 1.807) is 49.6 Å². The van der Waals surface area contributed by atoms with Gasteiger partial charge in [-0.3, -0.25) is 14.4 Å². The van der Waals surface area contributed by atoms with E-state index >= 15 is 0 Å². The lowest BCUT2D eigenvalue weighted by Gasteiger charge is -2.37. The van der Waals surface area contributed by atoms with E-state index < -0.39 is 10.8 Å². The van der Waals surface area contributed by atoms with Gasteiger partial charge in [0.05, 0.1) is 22.7 Å². The highest BCUT2D eigenvalue weighted by atomic mass is 16.2. The van der Waals surface area contributed by atoms with E-state index in [9.17, 15) is 14.4 Å². The highest BCUT2D eigenvalue weighted by Gasteiger charge is 2.36. The van der Waals surface area contributed by atoms with Gasteiger partial charge in [-0.1, -0.05) is 27.7 Å². The van der Waals surface area contributed by atoms with Crippen molar-refractivity contribution in [3.05, 3.63) is 18.3 Å². The molecule has 30 heavy (non-hydrogen) atoms. The first-order valence-corrected chi connectivity index (χ1v) is 9.76. The molecule has 0 aliphatic carbocycles. The highest BCUT2D eigenvalue weighted by Crippen LogP contribution is 2.26. The average molecular weight is 409 g/mol. The molecule has 2 rings (SSSR count). The Morgan fingerprint density at radius 1 is 1.10 bits per heavy atom. The summed E-state index contributed by atoms with van der Waals surface area (Å²) in [5.41, 5.74) is -0.802. The minimum atomic E-state index is -0.707. The number of carbonyl (C=O) groups is 3. The zero-order valence-electron chi connectivity index (χ0n) is 18.0. The van der Waals surface area contributed by atoms with E-state index in [0.717, 1.165) is 0 Å². The Morgan fingerprint density at radius 3 is 2.27 bits per heavy atom. The second-order valence-electron chi connectivity index (χ2n) is 8.66. The smallest absolute Gasteiger partial charge is 0.246 e. The highest BCUT2D eigenvalue weighted by molar-refractivity contribution is 5.99. The van der Waals surface area contributed by atoms with E-state index in [-0.39, 0.29) is 24.3 Å². The summed E-state index contributed by atoms with van der Waals surface area (Å²) in [7, 11) is 0. The second-order valence-corrected chi connectivity index (χ2v) is 8.66. The van der Waals surface area contributed by atoms with Crippen LogP contribution in [0.1, 0.15) is 40.5 Å². The van der Waals surface area contributed by atoms with Crippen molar-refractivity contribution >= 4 is 29.2 Å². The topological polar surface area (TPSA) is 82.6 Å². The predicted octanol–water partition coefficient (Wildman–Crippen LogP) is 2.29. The van der Waals surface area contributed by atoms with Gasteiger partial charge >= 0.3 is 0 Å². The van der Waals surface area contributed by atoms with Crippen LogP contribution in [0.15, 0.2) is 18.3 Å². The van der Waals surface area contributed by atoms with Crippen LogP contribution < -0.4 is 10.2 Å². The zero-order chi connectivity index (χ0) is 22.5. The maximum atomic E-state index is 12.7. The lowest BCUT2D eigenvalue weighted by atomic mass is 9.87. The summed E-state index contributed by atoms with van der Waals surface area (Å²) in [6.45, 7) is 7.87. The van der Waals surface area contributed by atoms with Crippen molar-refractivity contribution < 1.29 is 14.4 Å². The van der Waals surface area contributed by atoms with Gasteiger partial charge in [0.2, 0.25) is 17.7 Å². The Bertz CT molecular complexity index is 904. The lowest BCUT2D eigenvalue weighted by molar-refractivity contribution is -0.144. The van der Waals surface area contributed by atoms with Gasteiger partial charge in [0.1, 0.15) is 12.4 Å². The molecule has 1 aliphatic heterocycles. The molecule has 0 bridgehead atoms. The van der Waals surface area contributed by atoms with E-state index in [0.29, 0.717) is 37.4 Å². The molecule has 1 aromatic heterocycles. The first-order chi connectivity index (χ1) is 14.0. The van der Waals surface area contributed by atoms with Gasteiger partial charge in [-0.2, -0.15) is 0 Å². The van der Waals surface area contributed by atoms with E-state index in [1.807, 2.05) is 0 Å². The van der Waals surface area contributed by atoms with Gasteiger partial charge in [0.25, 0.3) is 0 Å². The van der Waals surface area contributed by atoms with Crippen molar-refractivity contribution in [3.8, 4) is 24.7 Å². The molecule has 7 nitrogen and oxygen atoms in total. The van der Waals surface area contributed by atoms with Crippen LogP contribution in [0.4, 0.5) is 11.5 Å². The van der Waals surface area contributed by atoms with Crippen molar-refractivity contribution in [2.75, 3.05) is 29.9 Å². The van der Waals surface area contributed by atoms with E-state index in [4.69, 9.17) is 12.8 Å². The van der Waals surface area contributed by atoms with Crippen LogP contribution in [-0.2, 0) is 14.4 Å². The summed E-state index contributed by atoms with van der Waals surface area (Å²) in [6.07, 6.45) is 12.8. The average Bonchev–Trinajstić information content (AvgIpc) is 2.68. The number of aromatic nitrogens is 1. The monoisotopic (exact) mass is 408 g/mol. The predicted molar refractivity (Wildman–Crippen MR) is 116 cm³/mol. The number of piperazine rings is 1. The number of nitrogens with one attached hydrogen (secondary N) is 1. The van der Waals surface area contributed by atoms with Gasteiger partial charge < -0.3 is 15.1 Å². The molecule has 1 fully saturated rings. The van der Waals surface area contributed by atoms with Crippen molar-refractivity contribution in [1.82, 2.24) is 9.88 Å². The molecule has 1 saturated heterocycles. The number of carbonyl (C=O) groups excluding carboxylic acids is 3. The van der Waals surface area contributed by atoms with Crippen LogP contribution in [0, 0.1) is 35.5 Å². The summed E-state index contributed by atoms with van der Waals surface area (Å²) in [6, 6.07) is 3.36. The summed E-state index contributed by atoms with van der Waals surface area (Å²) in [5, 5.41) is 2.74. The molecule has 2 heterocycles. The third-order valence-electron chi connectivity index (χ3n) is 5.09. The number of nitrogens with zero attached hydrogens (tertiary/aromatic N) is 3. The number of rotatable bonds is 6. The van der Waals surface area contributed by atoms with E-state index in [1.165, 1.54) is 6.20 Å². The van der Waals surface area contributed by atoms with E-state index in [2.05, 4.69) is 22.1 Å². The summed E-state index contributed by atoms with van der Waals surface area (Å²) >= 11 is 0. The largest absolute Gasteiger partial charge is 0.331 e. The molecule has 0 atom stereocenters. The van der Waals surface area contributed by atoms with Crippen LogP contribution in [0.25, 0.3) is 0 Å². The fourth-order valence-electron chi connectivity index (χ4n) is 3.12. The quantitative estimate of drug-likeness (QED) is 0.732. The third kappa shape index (κ3) is 5.18. The molecule has 0 spiro atoms. The van der Waals surface area contributed by atoms with Gasteiger partial charge in [-0.05, 0) is 12.1 Å². The minimum absolute atomic E-state index is 0.00833. The molecule has 0 unspecified atom stereocenters.